The quantitative estimate of drug-likeness (QED) is 0.288. The van der Waals surface area contributed by atoms with Gasteiger partial charge < -0.3 is 19.2 Å². The van der Waals surface area contributed by atoms with Gasteiger partial charge in [-0.15, -0.1) is 0 Å². The van der Waals surface area contributed by atoms with Crippen LogP contribution in [-0.4, -0.2) is 54.6 Å². The third-order valence-electron chi connectivity index (χ3n) is 3.27. The summed E-state index contributed by atoms with van der Waals surface area (Å²) in [5.41, 5.74) is -0.418. The Labute approximate surface area is 139 Å². The second kappa shape index (κ2) is 8.92. The average molecular weight is 339 g/mol. The normalized spacial score (nSPS) is 11.9. The fourth-order valence-corrected chi connectivity index (χ4v) is 2.22. The van der Waals surface area contributed by atoms with Gasteiger partial charge in [-0.1, -0.05) is 0 Å². The summed E-state index contributed by atoms with van der Waals surface area (Å²) < 4.78 is 9.82. The molecule has 0 aromatic carbocycles. The molecular weight excluding hydrogens is 318 g/mol. The summed E-state index contributed by atoms with van der Waals surface area (Å²) in [6.45, 7) is 5.83. The van der Waals surface area contributed by atoms with Crippen molar-refractivity contribution in [1.82, 2.24) is 4.98 Å². The molecule has 1 heterocycles. The first-order valence-corrected chi connectivity index (χ1v) is 7.41. The van der Waals surface area contributed by atoms with Crippen LogP contribution in [-0.2, 0) is 14.3 Å². The number of rotatable bonds is 9. The van der Waals surface area contributed by atoms with Gasteiger partial charge in [0.15, 0.2) is 0 Å². The van der Waals surface area contributed by atoms with Crippen LogP contribution in [0.15, 0.2) is 12.3 Å². The van der Waals surface area contributed by atoms with Crippen LogP contribution in [0.5, 0.6) is 0 Å². The molecule has 132 valence electrons. The number of nitro groups is 1. The summed E-state index contributed by atoms with van der Waals surface area (Å²) in [7, 11) is 1.17. The molecule has 0 N–H and O–H groups in total. The Morgan fingerprint density at radius 2 is 2.17 bits per heavy atom. The second-order valence-electron chi connectivity index (χ2n) is 5.18. The van der Waals surface area contributed by atoms with Gasteiger partial charge in [-0.2, -0.15) is 0 Å². The standard InChI is InChI=1S/C15H21N3O6/c1-5-24-9-12(8-19)17(10(2)3)14-13(18(21)22)6-11(7-16-14)15(20)23-4/h6-8,10,12H,5,9H2,1-4H3/t12-/m1/s1. The Kier molecular flexibility index (Phi) is 7.25. The molecule has 0 saturated carbocycles. The van der Waals surface area contributed by atoms with Crippen molar-refractivity contribution in [3.05, 3.63) is 27.9 Å². The fraction of sp³-hybridized carbons (Fsp3) is 0.533. The van der Waals surface area contributed by atoms with Gasteiger partial charge in [0.05, 0.1) is 24.2 Å². The van der Waals surface area contributed by atoms with E-state index in [1.165, 1.54) is 18.2 Å². The number of pyridine rings is 1. The zero-order valence-corrected chi connectivity index (χ0v) is 14.1. The van der Waals surface area contributed by atoms with E-state index in [1.807, 2.05) is 0 Å². The molecule has 0 aliphatic heterocycles. The van der Waals surface area contributed by atoms with Gasteiger partial charge in [0.1, 0.15) is 12.3 Å². The molecule has 9 heteroatoms. The van der Waals surface area contributed by atoms with Crippen LogP contribution in [0.4, 0.5) is 11.5 Å². The van der Waals surface area contributed by atoms with Gasteiger partial charge in [-0.05, 0) is 20.8 Å². The molecular formula is C15H21N3O6. The number of aldehydes is 1. The van der Waals surface area contributed by atoms with Crippen molar-refractivity contribution in [3.8, 4) is 0 Å². The third-order valence-corrected chi connectivity index (χ3v) is 3.27. The van der Waals surface area contributed by atoms with E-state index in [9.17, 15) is 19.7 Å². The molecule has 24 heavy (non-hydrogen) atoms. The van der Waals surface area contributed by atoms with Crippen molar-refractivity contribution in [3.63, 3.8) is 0 Å². The highest BCUT2D eigenvalue weighted by Gasteiger charge is 2.30. The summed E-state index contributed by atoms with van der Waals surface area (Å²) >= 11 is 0. The number of carbonyl (C=O) groups is 2. The Morgan fingerprint density at radius 3 is 2.62 bits per heavy atom. The maximum Gasteiger partial charge on any atom is 0.339 e. The highest BCUT2D eigenvalue weighted by atomic mass is 16.6. The van der Waals surface area contributed by atoms with Crippen LogP contribution >= 0.6 is 0 Å². The molecule has 0 fully saturated rings. The number of hydrogen-bond donors (Lipinski definition) is 0. The first kappa shape index (κ1) is 19.5. The van der Waals surface area contributed by atoms with Crippen LogP contribution in [0.1, 0.15) is 31.1 Å². The molecule has 0 aliphatic carbocycles. The van der Waals surface area contributed by atoms with E-state index in [2.05, 4.69) is 9.72 Å². The van der Waals surface area contributed by atoms with Gasteiger partial charge in [-0.3, -0.25) is 10.1 Å². The van der Waals surface area contributed by atoms with Gasteiger partial charge in [0.25, 0.3) is 0 Å². The summed E-state index contributed by atoms with van der Waals surface area (Å²) in [5, 5.41) is 11.4. The second-order valence-corrected chi connectivity index (χ2v) is 5.18. The minimum atomic E-state index is -0.736. The van der Waals surface area contributed by atoms with E-state index < -0.39 is 16.9 Å². The Bertz CT molecular complexity index is 605. The number of methoxy groups -OCH3 is 1. The summed E-state index contributed by atoms with van der Waals surface area (Å²) in [4.78, 5) is 39.3. The molecule has 0 amide bonds. The first-order valence-electron chi connectivity index (χ1n) is 7.41. The maximum atomic E-state index is 11.6. The molecule has 1 aromatic rings. The lowest BCUT2D eigenvalue weighted by Crippen LogP contribution is -2.45. The van der Waals surface area contributed by atoms with E-state index >= 15 is 0 Å². The van der Waals surface area contributed by atoms with Crippen LogP contribution < -0.4 is 4.90 Å². The number of carbonyl (C=O) groups excluding carboxylic acids is 2. The lowest BCUT2D eigenvalue weighted by atomic mass is 10.1. The van der Waals surface area contributed by atoms with Gasteiger partial charge >= 0.3 is 11.7 Å². The van der Waals surface area contributed by atoms with E-state index in [4.69, 9.17) is 4.74 Å². The third kappa shape index (κ3) is 4.48. The Morgan fingerprint density at radius 1 is 1.50 bits per heavy atom. The van der Waals surface area contributed by atoms with Crippen molar-refractivity contribution in [2.24, 2.45) is 0 Å². The van der Waals surface area contributed by atoms with Crippen molar-refractivity contribution in [1.29, 1.82) is 0 Å². The SMILES string of the molecule is CCOC[C@@H](C=O)N(c1ncc(C(=O)OC)cc1[N+](=O)[O-])C(C)C. The van der Waals surface area contributed by atoms with Crippen LogP contribution in [0.2, 0.25) is 0 Å². The number of nitrogens with zero attached hydrogens (tertiary/aromatic N) is 3. The van der Waals surface area contributed by atoms with Crippen molar-refractivity contribution < 1.29 is 24.0 Å². The maximum absolute atomic E-state index is 11.6. The van der Waals surface area contributed by atoms with Gasteiger partial charge in [0.2, 0.25) is 5.82 Å². The number of hydrogen-bond acceptors (Lipinski definition) is 8. The molecule has 1 atom stereocenters. The van der Waals surface area contributed by atoms with E-state index in [0.29, 0.717) is 12.9 Å². The monoisotopic (exact) mass is 339 g/mol. The lowest BCUT2D eigenvalue weighted by Gasteiger charge is -2.32. The first-order chi connectivity index (χ1) is 11.4. The highest BCUT2D eigenvalue weighted by Crippen LogP contribution is 2.29. The van der Waals surface area contributed by atoms with Crippen LogP contribution in [0.3, 0.4) is 0 Å². The topological polar surface area (TPSA) is 112 Å². The molecule has 0 spiro atoms. The van der Waals surface area contributed by atoms with E-state index in [-0.39, 0.29) is 29.7 Å². The number of esters is 1. The molecule has 0 saturated heterocycles. The number of anilines is 1. The van der Waals surface area contributed by atoms with E-state index in [0.717, 1.165) is 6.07 Å². The predicted octanol–water partition coefficient (Wildman–Crippen LogP) is 1.60. The minimum absolute atomic E-state index is 0.000504. The van der Waals surface area contributed by atoms with Crippen molar-refractivity contribution >= 4 is 23.8 Å². The smallest absolute Gasteiger partial charge is 0.339 e. The molecule has 0 aliphatic rings. The number of ether oxygens (including phenoxy) is 2. The largest absolute Gasteiger partial charge is 0.465 e. The summed E-state index contributed by atoms with van der Waals surface area (Å²) in [6, 6.07) is 0.0995. The molecule has 1 rings (SSSR count). The zero-order chi connectivity index (χ0) is 18.3. The lowest BCUT2D eigenvalue weighted by molar-refractivity contribution is -0.384. The van der Waals surface area contributed by atoms with Crippen molar-refractivity contribution in [2.45, 2.75) is 32.9 Å². The fourth-order valence-electron chi connectivity index (χ4n) is 2.22. The average Bonchev–Trinajstić information content (AvgIpc) is 2.57. The predicted molar refractivity (Wildman–Crippen MR) is 86.2 cm³/mol. The van der Waals surface area contributed by atoms with Gasteiger partial charge in [-0.25, -0.2) is 9.78 Å². The number of aromatic nitrogens is 1. The van der Waals surface area contributed by atoms with Gasteiger partial charge in [0, 0.05) is 24.9 Å². The van der Waals surface area contributed by atoms with E-state index in [1.54, 1.807) is 20.8 Å². The molecule has 0 radical (unpaired) electrons. The van der Waals surface area contributed by atoms with Crippen molar-refractivity contribution in [2.75, 3.05) is 25.2 Å². The minimum Gasteiger partial charge on any atom is -0.465 e. The Hall–Kier alpha value is -2.55. The Balaban J connectivity index is 3.39. The zero-order valence-electron chi connectivity index (χ0n) is 14.1. The van der Waals surface area contributed by atoms with Crippen LogP contribution in [0.25, 0.3) is 0 Å². The summed E-state index contributed by atoms with van der Waals surface area (Å²) in [5.74, 6) is -0.728. The molecule has 0 unspecified atom stereocenters. The van der Waals surface area contributed by atoms with Crippen LogP contribution in [0, 0.1) is 10.1 Å². The molecule has 1 aromatic heterocycles. The molecule has 9 nitrogen and oxygen atoms in total. The summed E-state index contributed by atoms with van der Waals surface area (Å²) in [6.07, 6.45) is 1.85. The molecule has 0 bridgehead atoms. The highest BCUT2D eigenvalue weighted by molar-refractivity contribution is 5.90.